The Labute approximate surface area is 478 Å². The Hall–Kier alpha value is -7.85. The Kier molecular flexibility index (Phi) is 23.6. The number of aromatic nitrogens is 9. The molecule has 6 N–H and O–H groups in total. The van der Waals surface area contributed by atoms with Crippen molar-refractivity contribution in [3.8, 4) is 17.2 Å². The number of hydroxylamine groups is 2. The highest BCUT2D eigenvalue weighted by Crippen LogP contribution is 2.28. The minimum atomic E-state index is -4.33. The van der Waals surface area contributed by atoms with Crippen LogP contribution >= 0.6 is 0 Å². The summed E-state index contributed by atoms with van der Waals surface area (Å²) in [6, 6.07) is 13.0. The van der Waals surface area contributed by atoms with Crippen LogP contribution in [0.2, 0.25) is 0 Å². The van der Waals surface area contributed by atoms with Crippen molar-refractivity contribution < 1.29 is 69.8 Å². The van der Waals surface area contributed by atoms with Crippen molar-refractivity contribution >= 4 is 43.7 Å². The molecule has 3 heterocycles. The van der Waals surface area contributed by atoms with E-state index in [0.717, 1.165) is 8.61 Å². The van der Waals surface area contributed by atoms with Crippen LogP contribution in [0.15, 0.2) is 95.1 Å². The number of carbonyl (C=O) groups excluding carboxylic acids is 4. The Balaban J connectivity index is 1.02. The van der Waals surface area contributed by atoms with Crippen molar-refractivity contribution in [3.63, 3.8) is 0 Å². The first-order chi connectivity index (χ1) is 39.7. The molecule has 6 rings (SSSR count). The van der Waals surface area contributed by atoms with Crippen LogP contribution < -0.4 is 31.1 Å². The van der Waals surface area contributed by atoms with E-state index in [1.807, 2.05) is 0 Å². The quantitative estimate of drug-likeness (QED) is 0.0190. The van der Waals surface area contributed by atoms with Gasteiger partial charge in [-0.15, -0.1) is 15.3 Å². The molecule has 2 atom stereocenters. The second kappa shape index (κ2) is 30.5. The molecule has 0 aliphatic rings. The van der Waals surface area contributed by atoms with Gasteiger partial charge < -0.3 is 29.6 Å². The number of sulfonamides is 2. The van der Waals surface area contributed by atoms with E-state index in [0.29, 0.717) is 29.3 Å². The predicted molar refractivity (Wildman–Crippen MR) is 291 cm³/mol. The molecular weight excluding hydrogens is 1130 g/mol. The van der Waals surface area contributed by atoms with Crippen molar-refractivity contribution in [2.75, 3.05) is 60.4 Å². The van der Waals surface area contributed by atoms with Crippen LogP contribution in [-0.4, -0.2) is 177 Å². The van der Waals surface area contributed by atoms with E-state index in [1.54, 1.807) is 44.9 Å². The molecule has 0 bridgehead atoms. The van der Waals surface area contributed by atoms with Crippen LogP contribution in [0.5, 0.6) is 11.5 Å². The fraction of sp³-hybridized carbons (Fsp3) is 0.451. The molecule has 83 heavy (non-hydrogen) atoms. The molecular formula is C51H68FN15O14S2. The van der Waals surface area contributed by atoms with Gasteiger partial charge in [0, 0.05) is 36.6 Å². The summed E-state index contributed by atoms with van der Waals surface area (Å²) in [7, 11) is -5.78. The number of rotatable bonds is 34. The third-order valence-electron chi connectivity index (χ3n) is 12.6. The van der Waals surface area contributed by atoms with Crippen molar-refractivity contribution in [3.05, 3.63) is 114 Å². The lowest BCUT2D eigenvalue weighted by molar-refractivity contribution is -0.135. The van der Waals surface area contributed by atoms with Gasteiger partial charge in [0.2, 0.25) is 20.0 Å². The fourth-order valence-electron chi connectivity index (χ4n) is 8.45. The Bertz CT molecular complexity index is 3130. The summed E-state index contributed by atoms with van der Waals surface area (Å²) in [5.74, 6) is -3.25. The number of nitrogens with one attached hydrogen (secondary N) is 4. The van der Waals surface area contributed by atoms with Gasteiger partial charge in [-0.3, -0.25) is 34.0 Å². The average molecular weight is 1200 g/mol. The summed E-state index contributed by atoms with van der Waals surface area (Å²) in [5, 5.41) is 49.2. The molecule has 0 aliphatic carbocycles. The maximum absolute atomic E-state index is 13.9. The summed E-state index contributed by atoms with van der Waals surface area (Å²) < 4.78 is 96.6. The Morgan fingerprint density at radius 3 is 1.41 bits per heavy atom. The molecule has 3 aromatic heterocycles. The first-order valence-electron chi connectivity index (χ1n) is 26.1. The van der Waals surface area contributed by atoms with E-state index in [-0.39, 0.29) is 104 Å². The lowest BCUT2D eigenvalue weighted by Crippen LogP contribution is -2.51. The predicted octanol–water partition coefficient (Wildman–Crippen LogP) is 1.70. The molecule has 0 radical (unpaired) electrons. The van der Waals surface area contributed by atoms with Crippen LogP contribution in [0.25, 0.3) is 5.69 Å². The van der Waals surface area contributed by atoms with E-state index in [2.05, 4.69) is 41.6 Å². The number of hydrogen-bond acceptors (Lipinski definition) is 20. The highest BCUT2D eigenvalue weighted by molar-refractivity contribution is 7.89. The molecule has 0 saturated heterocycles. The van der Waals surface area contributed by atoms with E-state index in [9.17, 15) is 50.8 Å². The topological polar surface area (TPSA) is 361 Å². The number of alkyl halides is 1. The molecule has 0 fully saturated rings. The molecule has 29 nitrogen and oxygen atoms in total. The number of amides is 4. The summed E-state index contributed by atoms with van der Waals surface area (Å²) in [6.45, 7) is 6.01. The maximum Gasteiger partial charge on any atom is 0.262 e. The molecule has 0 spiro atoms. The fourth-order valence-corrected chi connectivity index (χ4v) is 11.8. The minimum Gasteiger partial charge on any atom is -0.497 e. The van der Waals surface area contributed by atoms with Gasteiger partial charge in [-0.25, -0.2) is 41.8 Å². The number of halogens is 1. The van der Waals surface area contributed by atoms with Crippen LogP contribution in [0.4, 0.5) is 4.39 Å². The monoisotopic (exact) mass is 1200 g/mol. The van der Waals surface area contributed by atoms with Crippen molar-refractivity contribution in [2.24, 2.45) is 11.8 Å². The SMILES string of the molecule is COc1ccc(S(=O)(=O)N(Cc2cn(CCOCCNC(=O)c3cc(C(=O)NCCOCCn4cc(CN([C@@H](C(=O)NO)C(C)C)S(=O)(=O)c5ccc(OC)cc5)nn4)cc(-n4cc(CCCF)nn4)c3)nn2)[C@H](C(=O)NO)C(C)C)cc1. The molecule has 0 unspecified atom stereocenters. The smallest absolute Gasteiger partial charge is 0.262 e. The molecule has 0 aliphatic heterocycles. The van der Waals surface area contributed by atoms with Gasteiger partial charge in [0.1, 0.15) is 23.6 Å². The van der Waals surface area contributed by atoms with Gasteiger partial charge in [-0.05, 0) is 91.4 Å². The number of hydrogen-bond donors (Lipinski definition) is 6. The van der Waals surface area contributed by atoms with Gasteiger partial charge in [0.15, 0.2) is 0 Å². The summed E-state index contributed by atoms with van der Waals surface area (Å²) in [4.78, 5) is 52.6. The van der Waals surface area contributed by atoms with Gasteiger partial charge in [-0.1, -0.05) is 43.3 Å². The van der Waals surface area contributed by atoms with Gasteiger partial charge in [0.25, 0.3) is 23.6 Å². The summed E-state index contributed by atoms with van der Waals surface area (Å²) >= 11 is 0. The molecule has 3 aromatic carbocycles. The normalized spacial score (nSPS) is 12.6. The zero-order valence-corrected chi connectivity index (χ0v) is 48.1. The number of benzene rings is 3. The van der Waals surface area contributed by atoms with Crippen LogP contribution in [0.3, 0.4) is 0 Å². The lowest BCUT2D eigenvalue weighted by Gasteiger charge is -2.31. The molecule has 0 saturated carbocycles. The van der Waals surface area contributed by atoms with Gasteiger partial charge in [0.05, 0.1) is 112 Å². The highest BCUT2D eigenvalue weighted by Gasteiger charge is 2.40. The third-order valence-corrected chi connectivity index (χ3v) is 16.3. The molecule has 450 valence electrons. The van der Waals surface area contributed by atoms with E-state index < -0.39 is 74.3 Å². The maximum atomic E-state index is 13.9. The van der Waals surface area contributed by atoms with Crippen LogP contribution in [-0.2, 0) is 71.7 Å². The van der Waals surface area contributed by atoms with Crippen molar-refractivity contribution in [2.45, 2.75) is 88.6 Å². The minimum absolute atomic E-state index is 0.0474. The van der Waals surface area contributed by atoms with Crippen LogP contribution in [0, 0.1) is 11.8 Å². The number of ether oxygens (including phenoxy) is 4. The van der Waals surface area contributed by atoms with Crippen molar-refractivity contribution in [1.29, 1.82) is 0 Å². The second-order valence-electron chi connectivity index (χ2n) is 19.2. The molecule has 4 amide bonds. The van der Waals surface area contributed by atoms with E-state index >= 15 is 0 Å². The molecule has 6 aromatic rings. The van der Waals surface area contributed by atoms with Gasteiger partial charge in [-0.2, -0.15) is 8.61 Å². The van der Waals surface area contributed by atoms with Gasteiger partial charge >= 0.3 is 0 Å². The number of nitrogens with zero attached hydrogens (tertiary/aromatic N) is 11. The zero-order chi connectivity index (χ0) is 60.3. The standard InChI is InChI=1S/C51H68FN15O14S2/c1-34(2)46(50(70)58-72)66(82(74,75)44-13-9-42(78-5)10-14-44)32-39-29-63(60-56-39)20-24-80-22-18-53-48(68)36-26-37(28-41(27-36)65-31-38(55-62-65)8-7-17-52)49(69)54-19-23-81-25-21-64-30-40(57-61-64)33-67(47(35(3)4)51(71)59-73)83(76,77)45-15-11-43(79-6)12-16-45/h9-16,26-31,34-35,46-47,72-73H,7-8,17-25,32-33H2,1-6H3,(H,53,68)(H,54,69)(H,58,70)(H,59,71)/t46-,47+. The molecule has 32 heteroatoms. The van der Waals surface area contributed by atoms with Crippen molar-refractivity contribution in [1.82, 2.24) is 75.2 Å². The summed E-state index contributed by atoms with van der Waals surface area (Å²) in [5.41, 5.74) is 4.56. The largest absolute Gasteiger partial charge is 0.497 e. The number of carbonyl (C=O) groups is 4. The third kappa shape index (κ3) is 17.4. The van der Waals surface area contributed by atoms with E-state index in [1.165, 1.54) is 107 Å². The lowest BCUT2D eigenvalue weighted by atomic mass is 10.0. The first-order valence-corrected chi connectivity index (χ1v) is 28.9. The number of methoxy groups -OCH3 is 2. The first kappa shape index (κ1) is 64.3. The second-order valence-corrected chi connectivity index (χ2v) is 23.0. The van der Waals surface area contributed by atoms with Crippen LogP contribution in [0.1, 0.15) is 71.9 Å². The Morgan fingerprint density at radius 2 is 1.02 bits per heavy atom. The highest BCUT2D eigenvalue weighted by atomic mass is 32.2. The average Bonchev–Trinajstić information content (AvgIpc) is 4.39. The zero-order valence-electron chi connectivity index (χ0n) is 46.5. The van der Waals surface area contributed by atoms with E-state index in [4.69, 9.17) is 18.9 Å². The Morgan fingerprint density at radius 1 is 0.602 bits per heavy atom. The summed E-state index contributed by atoms with van der Waals surface area (Å²) in [6.07, 6.45) is 5.11. The number of aryl methyl sites for hydroxylation is 1.